The molecule has 1 aliphatic heterocycles. The maximum atomic E-state index is 14.2. The van der Waals surface area contributed by atoms with Crippen LogP contribution < -0.4 is 10.3 Å². The minimum atomic E-state index is -0.458. The summed E-state index contributed by atoms with van der Waals surface area (Å²) >= 11 is 0. The Morgan fingerprint density at radius 3 is 2.46 bits per heavy atom. The fraction of sp³-hybridized carbons (Fsp3) is 0.222. The molecule has 1 aliphatic rings. The van der Waals surface area contributed by atoms with Crippen molar-refractivity contribution in [2.24, 2.45) is 5.10 Å². The maximum Gasteiger partial charge on any atom is 0.271 e. The Hall–Kier alpha value is -2.76. The summed E-state index contributed by atoms with van der Waals surface area (Å²) in [5.41, 5.74) is 3.77. The molecular formula is C18H17F2N3O. The number of amides is 1. The first-order valence-corrected chi connectivity index (χ1v) is 7.77. The second-order valence-corrected chi connectivity index (χ2v) is 5.61. The van der Waals surface area contributed by atoms with E-state index in [1.165, 1.54) is 36.5 Å². The molecule has 0 unspecified atom stereocenters. The first kappa shape index (κ1) is 16.1. The van der Waals surface area contributed by atoms with Gasteiger partial charge >= 0.3 is 0 Å². The molecule has 0 bridgehead atoms. The van der Waals surface area contributed by atoms with E-state index in [0.29, 0.717) is 16.8 Å². The highest BCUT2D eigenvalue weighted by Crippen LogP contribution is 2.23. The molecule has 6 heteroatoms. The zero-order chi connectivity index (χ0) is 16.9. The van der Waals surface area contributed by atoms with Crippen molar-refractivity contribution < 1.29 is 13.6 Å². The summed E-state index contributed by atoms with van der Waals surface area (Å²) < 4.78 is 27.0. The van der Waals surface area contributed by atoms with Gasteiger partial charge in [0.15, 0.2) is 0 Å². The molecule has 0 aliphatic carbocycles. The van der Waals surface area contributed by atoms with Crippen molar-refractivity contribution in [2.75, 3.05) is 18.0 Å². The van der Waals surface area contributed by atoms with Crippen LogP contribution in [0.3, 0.4) is 0 Å². The summed E-state index contributed by atoms with van der Waals surface area (Å²) in [6.07, 6.45) is 3.54. The third-order valence-electron chi connectivity index (χ3n) is 3.90. The molecule has 0 aromatic heterocycles. The highest BCUT2D eigenvalue weighted by molar-refractivity contribution is 5.94. The van der Waals surface area contributed by atoms with Crippen LogP contribution in [0.15, 0.2) is 47.6 Å². The standard InChI is InChI=1S/C18H17F2N3O/c19-15-6-4-14(5-7-15)18(24)22-21-12-13-3-8-17(16(20)11-13)23-9-1-2-10-23/h3-8,11-12H,1-2,9-10H2,(H,22,24)/b21-12-. The topological polar surface area (TPSA) is 44.7 Å². The van der Waals surface area contributed by atoms with Crippen LogP contribution in [0, 0.1) is 11.6 Å². The summed E-state index contributed by atoms with van der Waals surface area (Å²) in [5, 5.41) is 3.81. The van der Waals surface area contributed by atoms with Gasteiger partial charge in [-0.1, -0.05) is 6.07 Å². The zero-order valence-corrected chi connectivity index (χ0v) is 13.0. The Bertz CT molecular complexity index is 753. The van der Waals surface area contributed by atoms with E-state index in [1.54, 1.807) is 12.1 Å². The van der Waals surface area contributed by atoms with Crippen molar-refractivity contribution >= 4 is 17.8 Å². The number of rotatable bonds is 4. The Labute approximate surface area is 138 Å². The van der Waals surface area contributed by atoms with Crippen molar-refractivity contribution in [2.45, 2.75) is 12.8 Å². The Morgan fingerprint density at radius 1 is 1.08 bits per heavy atom. The van der Waals surface area contributed by atoms with Crippen LogP contribution in [0.5, 0.6) is 0 Å². The lowest BCUT2D eigenvalue weighted by atomic mass is 10.2. The number of carbonyl (C=O) groups excluding carboxylic acids is 1. The summed E-state index contributed by atoms with van der Waals surface area (Å²) in [7, 11) is 0. The first-order chi connectivity index (χ1) is 11.6. The van der Waals surface area contributed by atoms with Crippen molar-refractivity contribution in [1.82, 2.24) is 5.43 Å². The lowest BCUT2D eigenvalue weighted by Crippen LogP contribution is -2.19. The van der Waals surface area contributed by atoms with Crippen molar-refractivity contribution in [1.29, 1.82) is 0 Å². The molecule has 124 valence electrons. The molecule has 1 saturated heterocycles. The molecule has 3 rings (SSSR count). The molecule has 0 radical (unpaired) electrons. The Balaban J connectivity index is 1.63. The zero-order valence-electron chi connectivity index (χ0n) is 13.0. The number of benzene rings is 2. The summed E-state index contributed by atoms with van der Waals surface area (Å²) in [4.78, 5) is 13.8. The van der Waals surface area contributed by atoms with Crippen LogP contribution in [-0.2, 0) is 0 Å². The summed E-state index contributed by atoms with van der Waals surface area (Å²) in [6, 6.07) is 10.0. The van der Waals surface area contributed by atoms with E-state index in [9.17, 15) is 13.6 Å². The number of nitrogens with one attached hydrogen (secondary N) is 1. The molecule has 1 fully saturated rings. The van der Waals surface area contributed by atoms with Crippen molar-refractivity contribution in [3.63, 3.8) is 0 Å². The number of carbonyl (C=O) groups is 1. The smallest absolute Gasteiger partial charge is 0.271 e. The molecule has 24 heavy (non-hydrogen) atoms. The minimum Gasteiger partial charge on any atom is -0.369 e. The summed E-state index contributed by atoms with van der Waals surface area (Å²) in [5.74, 6) is -1.17. The van der Waals surface area contributed by atoms with Gasteiger partial charge in [-0.15, -0.1) is 0 Å². The number of hydrogen-bond donors (Lipinski definition) is 1. The normalized spacial score (nSPS) is 14.3. The highest BCUT2D eigenvalue weighted by atomic mass is 19.1. The third-order valence-corrected chi connectivity index (χ3v) is 3.90. The third kappa shape index (κ3) is 3.76. The maximum absolute atomic E-state index is 14.2. The number of nitrogens with zero attached hydrogens (tertiary/aromatic N) is 2. The number of halogens is 2. The number of hydrogen-bond acceptors (Lipinski definition) is 3. The van der Waals surface area contributed by atoms with Gasteiger partial charge in [-0.3, -0.25) is 4.79 Å². The van der Waals surface area contributed by atoms with E-state index in [1.807, 2.05) is 4.90 Å². The average molecular weight is 329 g/mol. The molecule has 2 aromatic rings. The van der Waals surface area contributed by atoms with Gasteiger partial charge in [0, 0.05) is 18.7 Å². The van der Waals surface area contributed by atoms with Crippen LogP contribution in [0.25, 0.3) is 0 Å². The van der Waals surface area contributed by atoms with Crippen LogP contribution >= 0.6 is 0 Å². The van der Waals surface area contributed by atoms with Gasteiger partial charge in [0.25, 0.3) is 5.91 Å². The predicted molar refractivity (Wildman–Crippen MR) is 89.3 cm³/mol. The predicted octanol–water partition coefficient (Wildman–Crippen LogP) is 3.33. The SMILES string of the molecule is O=C(N/N=C\c1ccc(N2CCCC2)c(F)c1)c1ccc(F)cc1. The number of anilines is 1. The molecule has 1 N–H and O–H groups in total. The average Bonchev–Trinajstić information content (AvgIpc) is 3.10. The van der Waals surface area contributed by atoms with E-state index in [-0.39, 0.29) is 5.82 Å². The largest absolute Gasteiger partial charge is 0.369 e. The van der Waals surface area contributed by atoms with E-state index in [0.717, 1.165) is 25.9 Å². The van der Waals surface area contributed by atoms with E-state index in [2.05, 4.69) is 10.5 Å². The fourth-order valence-corrected chi connectivity index (χ4v) is 2.65. The summed E-state index contributed by atoms with van der Waals surface area (Å²) in [6.45, 7) is 1.75. The monoisotopic (exact) mass is 329 g/mol. The van der Waals surface area contributed by atoms with Gasteiger partial charge in [-0.05, 0) is 54.8 Å². The van der Waals surface area contributed by atoms with Gasteiger partial charge in [0.2, 0.25) is 0 Å². The quantitative estimate of drug-likeness (QED) is 0.691. The molecule has 0 spiro atoms. The van der Waals surface area contributed by atoms with Gasteiger partial charge in [0.1, 0.15) is 11.6 Å². The Kier molecular flexibility index (Phi) is 4.84. The molecule has 0 saturated carbocycles. The van der Waals surface area contributed by atoms with E-state index < -0.39 is 11.7 Å². The number of hydrazone groups is 1. The molecule has 2 aromatic carbocycles. The van der Waals surface area contributed by atoms with E-state index >= 15 is 0 Å². The van der Waals surface area contributed by atoms with Crippen molar-refractivity contribution in [3.05, 3.63) is 65.2 Å². The van der Waals surface area contributed by atoms with Crippen LogP contribution in [-0.4, -0.2) is 25.2 Å². The lowest BCUT2D eigenvalue weighted by molar-refractivity contribution is 0.0955. The minimum absolute atomic E-state index is 0.295. The highest BCUT2D eigenvalue weighted by Gasteiger charge is 2.15. The molecule has 0 atom stereocenters. The second kappa shape index (κ2) is 7.21. The van der Waals surface area contributed by atoms with Crippen LogP contribution in [0.4, 0.5) is 14.5 Å². The van der Waals surface area contributed by atoms with Gasteiger partial charge in [-0.2, -0.15) is 5.10 Å². The second-order valence-electron chi connectivity index (χ2n) is 5.61. The Morgan fingerprint density at radius 2 is 1.79 bits per heavy atom. The molecule has 4 nitrogen and oxygen atoms in total. The van der Waals surface area contributed by atoms with Crippen LogP contribution in [0.2, 0.25) is 0 Å². The fourth-order valence-electron chi connectivity index (χ4n) is 2.65. The van der Waals surface area contributed by atoms with Gasteiger partial charge < -0.3 is 4.90 Å². The lowest BCUT2D eigenvalue weighted by Gasteiger charge is -2.18. The molecule has 1 amide bonds. The van der Waals surface area contributed by atoms with Crippen molar-refractivity contribution in [3.8, 4) is 0 Å². The van der Waals surface area contributed by atoms with E-state index in [4.69, 9.17) is 0 Å². The van der Waals surface area contributed by atoms with Gasteiger partial charge in [-0.25, -0.2) is 14.2 Å². The first-order valence-electron chi connectivity index (χ1n) is 7.77. The molecule has 1 heterocycles. The van der Waals surface area contributed by atoms with Gasteiger partial charge in [0.05, 0.1) is 11.9 Å². The van der Waals surface area contributed by atoms with Crippen LogP contribution in [0.1, 0.15) is 28.8 Å². The molecular weight excluding hydrogens is 312 g/mol.